The summed E-state index contributed by atoms with van der Waals surface area (Å²) in [6, 6.07) is 1.30. The zero-order valence-electron chi connectivity index (χ0n) is 11.1. The van der Waals surface area contributed by atoms with Gasteiger partial charge in [0.1, 0.15) is 12.2 Å². The molecular weight excluding hydrogens is 214 g/mol. The van der Waals surface area contributed by atoms with Crippen LogP contribution in [0.15, 0.2) is 6.33 Å². The van der Waals surface area contributed by atoms with E-state index in [-0.39, 0.29) is 0 Å². The zero-order valence-corrected chi connectivity index (χ0v) is 11.1. The van der Waals surface area contributed by atoms with Gasteiger partial charge in [0.05, 0.1) is 6.54 Å². The molecule has 1 fully saturated rings. The van der Waals surface area contributed by atoms with Crippen molar-refractivity contribution in [3.63, 3.8) is 0 Å². The highest BCUT2D eigenvalue weighted by Crippen LogP contribution is 2.13. The fourth-order valence-electron chi connectivity index (χ4n) is 2.32. The number of nitrogens with one attached hydrogen (secondary N) is 1. The first-order chi connectivity index (χ1) is 8.16. The molecule has 0 bridgehead atoms. The third-order valence-electron chi connectivity index (χ3n) is 3.61. The van der Waals surface area contributed by atoms with Gasteiger partial charge in [0, 0.05) is 19.1 Å². The molecule has 1 aliphatic rings. The summed E-state index contributed by atoms with van der Waals surface area (Å²) in [7, 11) is 1.98. The molecule has 1 aliphatic heterocycles. The van der Waals surface area contributed by atoms with Crippen LogP contribution in [-0.4, -0.2) is 44.8 Å². The summed E-state index contributed by atoms with van der Waals surface area (Å²) in [6.07, 6.45) is 4.21. The van der Waals surface area contributed by atoms with Gasteiger partial charge in [0.25, 0.3) is 0 Å². The summed E-state index contributed by atoms with van der Waals surface area (Å²) >= 11 is 0. The standard InChI is InChI=1S/C12H23N5/c1-10(2)17-6-4-11(5-7-17)13-8-12-15-14-9-16(12)3/h9-11,13H,4-8H2,1-3H3. The number of aryl methyl sites for hydroxylation is 1. The van der Waals surface area contributed by atoms with Crippen molar-refractivity contribution in [3.8, 4) is 0 Å². The third kappa shape index (κ3) is 3.26. The first-order valence-corrected chi connectivity index (χ1v) is 6.47. The molecule has 96 valence electrons. The van der Waals surface area contributed by atoms with Crippen LogP contribution < -0.4 is 5.32 Å². The van der Waals surface area contributed by atoms with E-state index in [2.05, 4.69) is 34.3 Å². The summed E-state index contributed by atoms with van der Waals surface area (Å²) in [6.45, 7) is 7.77. The molecule has 0 atom stereocenters. The second kappa shape index (κ2) is 5.60. The molecule has 5 heteroatoms. The molecule has 0 saturated carbocycles. The highest BCUT2D eigenvalue weighted by molar-refractivity contribution is 4.86. The van der Waals surface area contributed by atoms with E-state index in [0.717, 1.165) is 12.4 Å². The summed E-state index contributed by atoms with van der Waals surface area (Å²) in [5.41, 5.74) is 0. The molecule has 0 unspecified atom stereocenters. The molecule has 1 aromatic rings. The van der Waals surface area contributed by atoms with E-state index in [1.807, 2.05) is 11.6 Å². The minimum absolute atomic E-state index is 0.627. The van der Waals surface area contributed by atoms with E-state index >= 15 is 0 Å². The maximum absolute atomic E-state index is 4.08. The second-order valence-electron chi connectivity index (χ2n) is 5.14. The van der Waals surface area contributed by atoms with Crippen molar-refractivity contribution < 1.29 is 0 Å². The lowest BCUT2D eigenvalue weighted by Crippen LogP contribution is -2.44. The topological polar surface area (TPSA) is 46.0 Å². The zero-order chi connectivity index (χ0) is 12.3. The highest BCUT2D eigenvalue weighted by Gasteiger charge is 2.20. The lowest BCUT2D eigenvalue weighted by atomic mass is 10.0. The third-order valence-corrected chi connectivity index (χ3v) is 3.61. The first-order valence-electron chi connectivity index (χ1n) is 6.47. The molecular formula is C12H23N5. The molecule has 0 aromatic carbocycles. The minimum atomic E-state index is 0.627. The van der Waals surface area contributed by atoms with Gasteiger partial charge in [0.15, 0.2) is 0 Å². The van der Waals surface area contributed by atoms with Crippen LogP contribution in [0.1, 0.15) is 32.5 Å². The fourth-order valence-corrected chi connectivity index (χ4v) is 2.32. The summed E-state index contributed by atoms with van der Waals surface area (Å²) in [5, 5.41) is 11.5. The monoisotopic (exact) mass is 237 g/mol. The van der Waals surface area contributed by atoms with Crippen LogP contribution >= 0.6 is 0 Å². The molecule has 1 N–H and O–H groups in total. The average Bonchev–Trinajstić information content (AvgIpc) is 2.73. The summed E-state index contributed by atoms with van der Waals surface area (Å²) < 4.78 is 1.97. The van der Waals surface area contributed by atoms with Gasteiger partial charge in [-0.25, -0.2) is 0 Å². The Morgan fingerprint density at radius 3 is 2.65 bits per heavy atom. The van der Waals surface area contributed by atoms with Crippen LogP contribution in [0.2, 0.25) is 0 Å². The van der Waals surface area contributed by atoms with Crippen LogP contribution in [0.3, 0.4) is 0 Å². The van der Waals surface area contributed by atoms with E-state index in [1.54, 1.807) is 6.33 Å². The van der Waals surface area contributed by atoms with Crippen molar-refractivity contribution in [1.29, 1.82) is 0 Å². The van der Waals surface area contributed by atoms with Crippen LogP contribution in [-0.2, 0) is 13.6 Å². The van der Waals surface area contributed by atoms with Crippen molar-refractivity contribution >= 4 is 0 Å². The van der Waals surface area contributed by atoms with E-state index < -0.39 is 0 Å². The second-order valence-corrected chi connectivity index (χ2v) is 5.14. The SMILES string of the molecule is CC(C)N1CCC(NCc2nncn2C)CC1. The molecule has 2 rings (SSSR count). The summed E-state index contributed by atoms with van der Waals surface area (Å²) in [5.74, 6) is 1.01. The fraction of sp³-hybridized carbons (Fsp3) is 0.833. The molecule has 1 aromatic heterocycles. The molecule has 1 saturated heterocycles. The largest absolute Gasteiger partial charge is 0.320 e. The van der Waals surface area contributed by atoms with Crippen molar-refractivity contribution in [2.45, 2.75) is 45.3 Å². The summed E-state index contributed by atoms with van der Waals surface area (Å²) in [4.78, 5) is 2.54. The van der Waals surface area contributed by atoms with Gasteiger partial charge in [-0.3, -0.25) is 0 Å². The molecule has 17 heavy (non-hydrogen) atoms. The Labute approximate surface area is 103 Å². The van der Waals surface area contributed by atoms with Crippen molar-refractivity contribution in [3.05, 3.63) is 12.2 Å². The lowest BCUT2D eigenvalue weighted by molar-refractivity contribution is 0.160. The predicted molar refractivity (Wildman–Crippen MR) is 67.6 cm³/mol. The minimum Gasteiger partial charge on any atom is -0.320 e. The van der Waals surface area contributed by atoms with Gasteiger partial charge < -0.3 is 14.8 Å². The van der Waals surface area contributed by atoms with E-state index in [4.69, 9.17) is 0 Å². The van der Waals surface area contributed by atoms with Crippen LogP contribution in [0.4, 0.5) is 0 Å². The van der Waals surface area contributed by atoms with Gasteiger partial charge in [-0.2, -0.15) is 0 Å². The smallest absolute Gasteiger partial charge is 0.146 e. The van der Waals surface area contributed by atoms with E-state index in [9.17, 15) is 0 Å². The molecule has 5 nitrogen and oxygen atoms in total. The molecule has 0 radical (unpaired) electrons. The van der Waals surface area contributed by atoms with Gasteiger partial charge >= 0.3 is 0 Å². The Kier molecular flexibility index (Phi) is 4.12. The molecule has 0 aliphatic carbocycles. The van der Waals surface area contributed by atoms with Gasteiger partial charge in [0.2, 0.25) is 0 Å². The quantitative estimate of drug-likeness (QED) is 0.840. The van der Waals surface area contributed by atoms with Crippen LogP contribution in [0.25, 0.3) is 0 Å². The van der Waals surface area contributed by atoms with Crippen LogP contribution in [0, 0.1) is 0 Å². The average molecular weight is 237 g/mol. The normalized spacial score (nSPS) is 19.1. The molecule has 2 heterocycles. The Bertz CT molecular complexity index is 338. The number of likely N-dealkylation sites (tertiary alicyclic amines) is 1. The lowest BCUT2D eigenvalue weighted by Gasteiger charge is -2.34. The number of hydrogen-bond acceptors (Lipinski definition) is 4. The molecule has 0 amide bonds. The van der Waals surface area contributed by atoms with E-state index in [0.29, 0.717) is 12.1 Å². The number of aromatic nitrogens is 3. The number of piperidine rings is 1. The van der Waals surface area contributed by atoms with Crippen LogP contribution in [0.5, 0.6) is 0 Å². The van der Waals surface area contributed by atoms with Crippen molar-refractivity contribution in [2.24, 2.45) is 7.05 Å². The Morgan fingerprint density at radius 1 is 1.41 bits per heavy atom. The number of rotatable bonds is 4. The first kappa shape index (κ1) is 12.5. The van der Waals surface area contributed by atoms with Gasteiger partial charge in [-0.15, -0.1) is 10.2 Å². The Morgan fingerprint density at radius 2 is 2.12 bits per heavy atom. The highest BCUT2D eigenvalue weighted by atomic mass is 15.3. The van der Waals surface area contributed by atoms with Crippen molar-refractivity contribution in [1.82, 2.24) is 25.0 Å². The van der Waals surface area contributed by atoms with Gasteiger partial charge in [-0.05, 0) is 39.8 Å². The van der Waals surface area contributed by atoms with Crippen molar-refractivity contribution in [2.75, 3.05) is 13.1 Å². The Hall–Kier alpha value is -0.940. The number of nitrogens with zero attached hydrogens (tertiary/aromatic N) is 4. The predicted octanol–water partition coefficient (Wildman–Crippen LogP) is 0.777. The van der Waals surface area contributed by atoms with E-state index in [1.165, 1.54) is 25.9 Å². The molecule has 0 spiro atoms. The Balaban J connectivity index is 1.74. The van der Waals surface area contributed by atoms with Gasteiger partial charge in [-0.1, -0.05) is 0 Å². The number of hydrogen-bond donors (Lipinski definition) is 1. The maximum Gasteiger partial charge on any atom is 0.146 e. The maximum atomic E-state index is 4.08.